The molecule has 0 aromatic rings. The number of ether oxygens (including phenoxy) is 4. The fourth-order valence-electron chi connectivity index (χ4n) is 5.83. The van der Waals surface area contributed by atoms with Gasteiger partial charge in [0.2, 0.25) is 5.91 Å². The van der Waals surface area contributed by atoms with E-state index in [4.69, 9.17) is 18.9 Å². The van der Waals surface area contributed by atoms with Crippen LogP contribution in [0, 0.1) is 23.2 Å². The summed E-state index contributed by atoms with van der Waals surface area (Å²) < 4.78 is 22.3. The number of rotatable bonds is 1. The Morgan fingerprint density at radius 3 is 1.62 bits per heavy atom. The van der Waals surface area contributed by atoms with Crippen LogP contribution in [0.4, 0.5) is 0 Å². The molecule has 5 rings (SSSR count). The smallest absolute Gasteiger partial charge is 0.228 e. The summed E-state index contributed by atoms with van der Waals surface area (Å²) in [6.45, 7) is 5.88. The largest absolute Gasteiger partial charge is 0.377 e. The maximum atomic E-state index is 13.5. The van der Waals surface area contributed by atoms with E-state index in [1.165, 1.54) is 12.8 Å². The third-order valence-corrected chi connectivity index (χ3v) is 6.79. The fourth-order valence-corrected chi connectivity index (χ4v) is 5.83. The molecule has 0 spiro atoms. The summed E-state index contributed by atoms with van der Waals surface area (Å²) in [5.74, 6) is 2.77. The van der Waals surface area contributed by atoms with Gasteiger partial charge in [-0.2, -0.15) is 0 Å². The number of amides is 1. The summed E-state index contributed by atoms with van der Waals surface area (Å²) in [4.78, 5) is 15.5. The number of carbonyl (C=O) groups is 1. The van der Waals surface area contributed by atoms with Gasteiger partial charge in [-0.1, -0.05) is 0 Å². The Balaban J connectivity index is 1.35. The van der Waals surface area contributed by atoms with E-state index in [1.54, 1.807) is 0 Å². The van der Waals surface area contributed by atoms with Crippen molar-refractivity contribution >= 4 is 5.91 Å². The molecule has 1 saturated heterocycles. The lowest BCUT2D eigenvalue weighted by molar-refractivity contribution is -0.146. The van der Waals surface area contributed by atoms with Gasteiger partial charge in [0.15, 0.2) is 0 Å². The van der Waals surface area contributed by atoms with E-state index >= 15 is 0 Å². The second-order valence-corrected chi connectivity index (χ2v) is 8.49. The van der Waals surface area contributed by atoms with E-state index in [9.17, 15) is 4.79 Å². The first-order valence-corrected chi connectivity index (χ1v) is 10.4. The summed E-state index contributed by atoms with van der Waals surface area (Å²) in [5, 5.41) is 0. The molecule has 4 aliphatic carbocycles. The number of nitrogens with zero attached hydrogens (tertiary/aromatic N) is 1. The highest BCUT2D eigenvalue weighted by molar-refractivity contribution is 5.83. The minimum atomic E-state index is -0.0777. The zero-order valence-electron chi connectivity index (χ0n) is 15.8. The van der Waals surface area contributed by atoms with E-state index < -0.39 is 0 Å². The topological polar surface area (TPSA) is 57.2 Å². The maximum absolute atomic E-state index is 13.5. The quantitative estimate of drug-likeness (QED) is 0.706. The summed E-state index contributed by atoms with van der Waals surface area (Å²) >= 11 is 0. The molecule has 0 aromatic heterocycles. The molecule has 6 heteroatoms. The molecule has 4 saturated carbocycles. The molecule has 1 heterocycles. The zero-order chi connectivity index (χ0) is 17.8. The Kier molecular flexibility index (Phi) is 6.14. The third kappa shape index (κ3) is 4.08. The highest BCUT2D eigenvalue weighted by Crippen LogP contribution is 2.64. The predicted molar refractivity (Wildman–Crippen MR) is 95.8 cm³/mol. The Morgan fingerprint density at radius 1 is 0.692 bits per heavy atom. The monoisotopic (exact) mass is 367 g/mol. The summed E-state index contributed by atoms with van der Waals surface area (Å²) in [5.41, 5.74) is -0.0777. The van der Waals surface area contributed by atoms with Crippen LogP contribution in [0.3, 0.4) is 0 Å². The van der Waals surface area contributed by atoms with Gasteiger partial charge in [0, 0.05) is 13.1 Å². The van der Waals surface area contributed by atoms with Gasteiger partial charge >= 0.3 is 0 Å². The molecule has 5 fully saturated rings. The maximum Gasteiger partial charge on any atom is 0.228 e. The molecule has 0 radical (unpaired) electrons. The van der Waals surface area contributed by atoms with Crippen LogP contribution in [-0.2, 0) is 23.7 Å². The molecular formula is C20H33NO5. The van der Waals surface area contributed by atoms with E-state index in [-0.39, 0.29) is 5.41 Å². The minimum absolute atomic E-state index is 0.0777. The van der Waals surface area contributed by atoms with Crippen molar-refractivity contribution in [3.63, 3.8) is 0 Å². The van der Waals surface area contributed by atoms with Crippen LogP contribution in [0.25, 0.3) is 0 Å². The Bertz CT molecular complexity index is 449. The molecule has 0 aromatic carbocycles. The highest BCUT2D eigenvalue weighted by Gasteiger charge is 2.59. The Morgan fingerprint density at radius 2 is 1.15 bits per heavy atom. The van der Waals surface area contributed by atoms with Crippen LogP contribution in [-0.4, -0.2) is 76.8 Å². The second-order valence-electron chi connectivity index (χ2n) is 8.49. The molecule has 6 nitrogen and oxygen atoms in total. The number of carbonyl (C=O) groups excluding carboxylic acids is 1. The molecule has 4 bridgehead atoms. The van der Waals surface area contributed by atoms with E-state index in [1.807, 2.05) is 4.90 Å². The van der Waals surface area contributed by atoms with Crippen LogP contribution < -0.4 is 0 Å². The van der Waals surface area contributed by atoms with Crippen molar-refractivity contribution in [1.82, 2.24) is 4.90 Å². The van der Waals surface area contributed by atoms with Gasteiger partial charge in [-0.05, 0) is 49.9 Å². The molecular weight excluding hydrogens is 334 g/mol. The standard InChI is InChI=1S/C20H33NO5/c22-19(20-13-16-11-17(14-20)18(12-16)15-20)21-1-3-23-5-7-25-9-10-26-8-6-24-4-2-21/h16-18H,1-15H2. The van der Waals surface area contributed by atoms with Gasteiger partial charge in [0.25, 0.3) is 0 Å². The van der Waals surface area contributed by atoms with Crippen LogP contribution in [0.5, 0.6) is 0 Å². The van der Waals surface area contributed by atoms with Crippen molar-refractivity contribution in [2.75, 3.05) is 65.9 Å². The van der Waals surface area contributed by atoms with Gasteiger partial charge in [-0.3, -0.25) is 4.79 Å². The van der Waals surface area contributed by atoms with Gasteiger partial charge in [-0.15, -0.1) is 0 Å². The van der Waals surface area contributed by atoms with Crippen LogP contribution in [0.2, 0.25) is 0 Å². The van der Waals surface area contributed by atoms with Crippen LogP contribution in [0.1, 0.15) is 32.1 Å². The van der Waals surface area contributed by atoms with Crippen molar-refractivity contribution in [2.24, 2.45) is 23.2 Å². The lowest BCUT2D eigenvalue weighted by Gasteiger charge is -2.40. The number of hydrogen-bond acceptors (Lipinski definition) is 5. The molecule has 148 valence electrons. The molecule has 2 unspecified atom stereocenters. The summed E-state index contributed by atoms with van der Waals surface area (Å²) in [6, 6.07) is 0. The van der Waals surface area contributed by atoms with Crippen molar-refractivity contribution in [1.29, 1.82) is 0 Å². The van der Waals surface area contributed by atoms with Crippen molar-refractivity contribution < 1.29 is 23.7 Å². The lowest BCUT2D eigenvalue weighted by atomic mass is 9.68. The van der Waals surface area contributed by atoms with E-state index in [2.05, 4.69) is 0 Å². The molecule has 1 amide bonds. The lowest BCUT2D eigenvalue weighted by Crippen LogP contribution is -2.48. The average Bonchev–Trinajstić information content (AvgIpc) is 3.05. The normalized spacial score (nSPS) is 39.5. The first kappa shape index (κ1) is 18.7. The Labute approximate surface area is 156 Å². The Hall–Kier alpha value is -0.690. The minimum Gasteiger partial charge on any atom is -0.377 e. The average molecular weight is 367 g/mol. The molecule has 1 aliphatic heterocycles. The van der Waals surface area contributed by atoms with Gasteiger partial charge in [0.1, 0.15) is 0 Å². The number of hydrogen-bond donors (Lipinski definition) is 0. The van der Waals surface area contributed by atoms with Crippen LogP contribution >= 0.6 is 0 Å². The molecule has 2 atom stereocenters. The fraction of sp³-hybridized carbons (Fsp3) is 0.950. The van der Waals surface area contributed by atoms with E-state index in [0.717, 1.165) is 37.0 Å². The molecule has 26 heavy (non-hydrogen) atoms. The molecule has 5 aliphatic rings. The zero-order valence-corrected chi connectivity index (χ0v) is 15.8. The second kappa shape index (κ2) is 8.55. The first-order chi connectivity index (χ1) is 12.8. The molecule has 0 N–H and O–H groups in total. The summed E-state index contributed by atoms with van der Waals surface area (Å²) in [6.07, 6.45) is 6.08. The SMILES string of the molecule is O=C(N1CCOCCOCCOCCOCC1)C12CC3CC(C1)C(C3)C2. The third-order valence-electron chi connectivity index (χ3n) is 6.79. The first-order valence-electron chi connectivity index (χ1n) is 10.4. The van der Waals surface area contributed by atoms with Gasteiger partial charge in [-0.25, -0.2) is 0 Å². The van der Waals surface area contributed by atoms with Crippen molar-refractivity contribution in [3.05, 3.63) is 0 Å². The predicted octanol–water partition coefficient (Wildman–Crippen LogP) is 1.72. The summed E-state index contributed by atoms with van der Waals surface area (Å²) in [7, 11) is 0. The van der Waals surface area contributed by atoms with Crippen LogP contribution in [0.15, 0.2) is 0 Å². The highest BCUT2D eigenvalue weighted by atomic mass is 16.6. The van der Waals surface area contributed by atoms with Crippen molar-refractivity contribution in [3.8, 4) is 0 Å². The van der Waals surface area contributed by atoms with Crippen molar-refractivity contribution in [2.45, 2.75) is 32.1 Å². The van der Waals surface area contributed by atoms with E-state index in [0.29, 0.717) is 71.9 Å². The van der Waals surface area contributed by atoms with Gasteiger partial charge < -0.3 is 23.8 Å². The van der Waals surface area contributed by atoms with Gasteiger partial charge in [0.05, 0.1) is 58.3 Å².